The summed E-state index contributed by atoms with van der Waals surface area (Å²) in [4.78, 5) is 13.8. The van der Waals surface area contributed by atoms with E-state index in [1.54, 1.807) is 45.3 Å². The van der Waals surface area contributed by atoms with Crippen molar-refractivity contribution < 1.29 is 0 Å². The first-order valence-corrected chi connectivity index (χ1v) is 17.2. The van der Waals surface area contributed by atoms with Crippen LogP contribution < -0.4 is 0 Å². The first-order valence-electron chi connectivity index (χ1n) is 14.0. The molecule has 10 rings (SSSR count). The van der Waals surface area contributed by atoms with Crippen LogP contribution in [0.5, 0.6) is 0 Å². The summed E-state index contributed by atoms with van der Waals surface area (Å²) in [5, 5.41) is 16.7. The van der Waals surface area contributed by atoms with E-state index in [-0.39, 0.29) is 0 Å². The number of rotatable bonds is 4. The molecule has 0 aliphatic rings. The first kappa shape index (κ1) is 24.7. The van der Waals surface area contributed by atoms with E-state index >= 15 is 0 Å². The lowest BCUT2D eigenvalue weighted by molar-refractivity contribution is 0.980. The Hall–Kier alpha value is -4.74. The number of thiophene rings is 2. The maximum atomic E-state index is 4.87. The molecule has 44 heavy (non-hydrogen) atoms. The second-order valence-electron chi connectivity index (χ2n) is 10.6. The van der Waals surface area contributed by atoms with Gasteiger partial charge in [-0.15, -0.1) is 22.7 Å². The molecule has 0 bridgehead atoms. The Morgan fingerprint density at radius 3 is 1.34 bits per heavy atom. The molecule has 208 valence electrons. The highest BCUT2D eigenvalue weighted by Gasteiger charge is 2.16. The van der Waals surface area contributed by atoms with Gasteiger partial charge in [-0.2, -0.15) is 10.2 Å². The maximum absolute atomic E-state index is 4.87. The van der Waals surface area contributed by atoms with Gasteiger partial charge in [0.15, 0.2) is 10.0 Å². The Kier molecular flexibility index (Phi) is 5.26. The van der Waals surface area contributed by atoms with Crippen LogP contribution in [0.2, 0.25) is 0 Å². The number of hydrogen-bond acceptors (Lipinski definition) is 8. The zero-order valence-corrected chi connectivity index (χ0v) is 26.0. The number of benzene rings is 4. The smallest absolute Gasteiger partial charge is 0.213 e. The molecule has 0 amide bonds. The molecule has 0 aliphatic heterocycles. The summed E-state index contributed by atoms with van der Waals surface area (Å²) in [5.41, 5.74) is 4.10. The van der Waals surface area contributed by atoms with E-state index in [1.165, 1.54) is 40.7 Å². The summed E-state index contributed by atoms with van der Waals surface area (Å²) >= 11 is 6.84. The predicted octanol–water partition coefficient (Wildman–Crippen LogP) is 10.1. The summed E-state index contributed by atoms with van der Waals surface area (Å²) in [6.45, 7) is 0. The van der Waals surface area contributed by atoms with Crippen LogP contribution in [0.3, 0.4) is 0 Å². The minimum absolute atomic E-state index is 0.905. The Morgan fingerprint density at radius 2 is 0.909 bits per heavy atom. The average molecular weight is 639 g/mol. The lowest BCUT2D eigenvalue weighted by Gasteiger charge is -1.99. The quantitative estimate of drug-likeness (QED) is 0.192. The van der Waals surface area contributed by atoms with Crippen molar-refractivity contribution in [3.8, 4) is 42.3 Å². The van der Waals surface area contributed by atoms with Gasteiger partial charge in [0.05, 0.1) is 33.5 Å². The number of nitrogens with zero attached hydrogens (tertiary/aromatic N) is 6. The summed E-state index contributed by atoms with van der Waals surface area (Å²) < 4.78 is 6.32. The highest BCUT2D eigenvalue weighted by atomic mass is 32.1. The van der Waals surface area contributed by atoms with Crippen molar-refractivity contribution in [1.82, 2.24) is 29.2 Å². The third kappa shape index (κ3) is 3.96. The summed E-state index contributed by atoms with van der Waals surface area (Å²) in [6, 6.07) is 34.2. The molecule has 6 nitrogen and oxygen atoms in total. The molecule has 0 N–H and O–H groups in total. The average Bonchev–Trinajstić information content (AvgIpc) is 3.88. The number of aromatic nitrogens is 6. The fourth-order valence-corrected chi connectivity index (χ4v) is 9.66. The van der Waals surface area contributed by atoms with Gasteiger partial charge in [0.2, 0.25) is 9.92 Å². The van der Waals surface area contributed by atoms with Crippen LogP contribution in [0.4, 0.5) is 0 Å². The molecule has 0 radical (unpaired) electrons. The highest BCUT2D eigenvalue weighted by Crippen LogP contribution is 2.41. The molecule has 0 saturated carbocycles. The lowest BCUT2D eigenvalue weighted by Crippen LogP contribution is -1.80. The molecule has 6 aromatic heterocycles. The van der Waals surface area contributed by atoms with Gasteiger partial charge in [0.1, 0.15) is 0 Å². The normalized spacial score (nSPS) is 12.1. The van der Waals surface area contributed by atoms with Crippen molar-refractivity contribution >= 4 is 86.2 Å². The molecule has 10 aromatic rings. The zero-order chi connectivity index (χ0) is 28.8. The Balaban J connectivity index is 0.982. The predicted molar refractivity (Wildman–Crippen MR) is 185 cm³/mol. The van der Waals surface area contributed by atoms with E-state index < -0.39 is 0 Å². The second-order valence-corrected chi connectivity index (χ2v) is 14.7. The number of imidazole rings is 2. The van der Waals surface area contributed by atoms with E-state index in [0.29, 0.717) is 0 Å². The van der Waals surface area contributed by atoms with Gasteiger partial charge in [-0.25, -0.2) is 19.0 Å². The first-order chi connectivity index (χ1) is 21.7. The van der Waals surface area contributed by atoms with E-state index in [9.17, 15) is 0 Å². The van der Waals surface area contributed by atoms with Crippen LogP contribution in [-0.4, -0.2) is 29.2 Å². The third-order valence-corrected chi connectivity index (χ3v) is 12.1. The minimum Gasteiger partial charge on any atom is -0.217 e. The topological polar surface area (TPSA) is 60.4 Å². The van der Waals surface area contributed by atoms with Gasteiger partial charge in [0.25, 0.3) is 0 Å². The minimum atomic E-state index is 0.905. The maximum Gasteiger partial charge on any atom is 0.213 e. The van der Waals surface area contributed by atoms with Gasteiger partial charge < -0.3 is 0 Å². The lowest BCUT2D eigenvalue weighted by atomic mass is 10.1. The van der Waals surface area contributed by atoms with Crippen molar-refractivity contribution in [2.45, 2.75) is 0 Å². The largest absolute Gasteiger partial charge is 0.217 e. The van der Waals surface area contributed by atoms with Gasteiger partial charge in [-0.05, 0) is 57.9 Å². The van der Waals surface area contributed by atoms with E-state index in [2.05, 4.69) is 60.7 Å². The van der Waals surface area contributed by atoms with E-state index in [0.717, 1.165) is 42.5 Å². The molecular formula is C34H18N6S4. The molecular weight excluding hydrogens is 621 g/mol. The van der Waals surface area contributed by atoms with Crippen LogP contribution in [0, 0.1) is 0 Å². The summed E-state index contributed by atoms with van der Waals surface area (Å²) in [5.74, 6) is 0. The molecule has 10 heteroatoms. The Labute approximate surface area is 265 Å². The molecule has 0 aliphatic carbocycles. The van der Waals surface area contributed by atoms with Crippen molar-refractivity contribution in [2.24, 2.45) is 0 Å². The molecule has 0 fully saturated rings. The standard InChI is InChI=1S/C34H18N6S4/c1-3-7-19(8-4-1)25-17-39-33(35-25)43-31(37-39)29-15-23-11-21-14-28-24(12-22(21)13-27(23)41-29)16-30(42-28)32-38-40-18-26(36-34(40)44-32)20-9-5-2-6-10-20/h1-18H. The molecule has 0 spiro atoms. The van der Waals surface area contributed by atoms with Crippen LogP contribution in [-0.2, 0) is 0 Å². The molecule has 6 heterocycles. The Morgan fingerprint density at radius 1 is 0.455 bits per heavy atom. The molecule has 0 unspecified atom stereocenters. The monoisotopic (exact) mass is 638 g/mol. The van der Waals surface area contributed by atoms with E-state index in [1.807, 2.05) is 57.8 Å². The van der Waals surface area contributed by atoms with Gasteiger partial charge >= 0.3 is 0 Å². The molecule has 4 aromatic carbocycles. The van der Waals surface area contributed by atoms with Crippen LogP contribution in [0.1, 0.15) is 0 Å². The van der Waals surface area contributed by atoms with Crippen molar-refractivity contribution in [3.63, 3.8) is 0 Å². The summed E-state index contributed by atoms with van der Waals surface area (Å²) in [7, 11) is 0. The van der Waals surface area contributed by atoms with Crippen LogP contribution >= 0.6 is 45.3 Å². The molecule has 0 atom stereocenters. The third-order valence-electron chi connectivity index (χ3n) is 7.76. The van der Waals surface area contributed by atoms with Crippen LogP contribution in [0.25, 0.3) is 83.2 Å². The fourth-order valence-electron chi connectivity index (χ4n) is 5.63. The second kappa shape index (κ2) is 9.38. The number of hydrogen-bond donors (Lipinski definition) is 0. The van der Waals surface area contributed by atoms with Crippen molar-refractivity contribution in [3.05, 3.63) is 109 Å². The summed E-state index contributed by atoms with van der Waals surface area (Å²) in [6.07, 6.45) is 4.03. The van der Waals surface area contributed by atoms with Crippen molar-refractivity contribution in [1.29, 1.82) is 0 Å². The van der Waals surface area contributed by atoms with E-state index in [4.69, 9.17) is 20.2 Å². The SMILES string of the molecule is c1ccc(-c2cn3nc(-c4cc5cc6cc7sc(-c8nn9cc(-c%10ccccc%10)nc9s8)cc7cc6cc5s4)sc3n2)cc1. The fraction of sp³-hybridized carbons (Fsp3) is 0. The van der Waals surface area contributed by atoms with Gasteiger partial charge in [0, 0.05) is 20.5 Å². The highest BCUT2D eigenvalue weighted by molar-refractivity contribution is 7.28. The van der Waals surface area contributed by atoms with Gasteiger partial charge in [-0.3, -0.25) is 0 Å². The zero-order valence-electron chi connectivity index (χ0n) is 22.7. The van der Waals surface area contributed by atoms with Crippen LogP contribution in [0.15, 0.2) is 109 Å². The van der Waals surface area contributed by atoms with Gasteiger partial charge in [-0.1, -0.05) is 83.3 Å². The Bertz CT molecular complexity index is 2360. The van der Waals surface area contributed by atoms with Crippen molar-refractivity contribution in [2.75, 3.05) is 0 Å². The number of fused-ring (bicyclic) bond motifs is 5. The molecule has 0 saturated heterocycles.